The summed E-state index contributed by atoms with van der Waals surface area (Å²) in [5, 5.41) is 13.0. The molecule has 0 saturated heterocycles. The molecule has 118 valence electrons. The summed E-state index contributed by atoms with van der Waals surface area (Å²) in [6.07, 6.45) is -0.860. The third-order valence-electron chi connectivity index (χ3n) is 3.29. The number of nitriles is 1. The van der Waals surface area contributed by atoms with Crippen molar-refractivity contribution in [3.8, 4) is 23.1 Å². The van der Waals surface area contributed by atoms with E-state index < -0.39 is 12.1 Å². The summed E-state index contributed by atoms with van der Waals surface area (Å²) in [7, 11) is 0. The minimum atomic E-state index is -0.860. The molecule has 0 N–H and O–H groups in total. The van der Waals surface area contributed by atoms with Gasteiger partial charge in [0.15, 0.2) is 11.9 Å². The van der Waals surface area contributed by atoms with Gasteiger partial charge < -0.3 is 4.74 Å². The van der Waals surface area contributed by atoms with Crippen LogP contribution in [0.3, 0.4) is 0 Å². The largest absolute Gasteiger partial charge is 0.441 e. The first kappa shape index (κ1) is 15.4. The Balaban J connectivity index is 2.07. The van der Waals surface area contributed by atoms with Crippen LogP contribution in [0.5, 0.6) is 0 Å². The van der Waals surface area contributed by atoms with Gasteiger partial charge in [-0.25, -0.2) is 14.5 Å². The van der Waals surface area contributed by atoms with E-state index in [4.69, 9.17) is 10.00 Å². The zero-order valence-corrected chi connectivity index (χ0v) is 13.0. The molecule has 24 heavy (non-hydrogen) atoms. The van der Waals surface area contributed by atoms with Crippen LogP contribution in [-0.2, 0) is 4.74 Å². The number of esters is 1. The first-order valence-corrected chi connectivity index (χ1v) is 7.37. The smallest absolute Gasteiger partial charge is 0.379 e. The number of hydrogen-bond donors (Lipinski definition) is 0. The van der Waals surface area contributed by atoms with Gasteiger partial charge in [0.2, 0.25) is 0 Å². The molecule has 6 nitrogen and oxygen atoms in total. The van der Waals surface area contributed by atoms with Gasteiger partial charge in [0, 0.05) is 5.56 Å². The Morgan fingerprint density at radius 3 is 2.38 bits per heavy atom. The van der Waals surface area contributed by atoms with Gasteiger partial charge in [-0.15, -0.1) is 5.10 Å². The maximum atomic E-state index is 12.1. The summed E-state index contributed by atoms with van der Waals surface area (Å²) in [6.45, 7) is 1.49. The van der Waals surface area contributed by atoms with E-state index in [1.165, 1.54) is 6.92 Å². The first-order chi connectivity index (χ1) is 11.7. The number of carbonyl (C=O) groups is 1. The molecule has 1 heterocycles. The van der Waals surface area contributed by atoms with Crippen LogP contribution in [0.2, 0.25) is 0 Å². The molecule has 0 radical (unpaired) electrons. The normalized spacial score (nSPS) is 11.5. The zero-order valence-electron chi connectivity index (χ0n) is 13.0. The van der Waals surface area contributed by atoms with Crippen molar-refractivity contribution < 1.29 is 9.53 Å². The molecule has 0 aliphatic heterocycles. The van der Waals surface area contributed by atoms with E-state index in [9.17, 15) is 4.79 Å². The monoisotopic (exact) mass is 318 g/mol. The van der Waals surface area contributed by atoms with Crippen LogP contribution in [0.25, 0.3) is 17.1 Å². The lowest BCUT2D eigenvalue weighted by Gasteiger charge is -2.05. The number of rotatable bonds is 4. The third kappa shape index (κ3) is 3.15. The van der Waals surface area contributed by atoms with Crippen LogP contribution in [0, 0.1) is 11.3 Å². The van der Waals surface area contributed by atoms with Crippen molar-refractivity contribution in [3.63, 3.8) is 0 Å². The lowest BCUT2D eigenvalue weighted by Crippen LogP contribution is -2.14. The highest BCUT2D eigenvalue weighted by molar-refractivity contribution is 5.86. The standard InChI is InChI=1S/C18H14N4O2/c1-13(12-19)24-18(23)16-20-17(14-8-4-2-5-9-14)22(21-16)15-10-6-3-7-11-15/h2-11,13H,1H3. The average Bonchev–Trinajstić information content (AvgIpc) is 3.08. The Labute approximate surface area is 138 Å². The average molecular weight is 318 g/mol. The maximum absolute atomic E-state index is 12.1. The SMILES string of the molecule is CC(C#N)OC(=O)c1nc(-c2ccccc2)n(-c2ccccc2)n1. The van der Waals surface area contributed by atoms with Gasteiger partial charge in [-0.1, -0.05) is 48.5 Å². The Hall–Kier alpha value is -3.46. The summed E-state index contributed by atoms with van der Waals surface area (Å²) in [4.78, 5) is 16.4. The van der Waals surface area contributed by atoms with Crippen LogP contribution in [-0.4, -0.2) is 26.8 Å². The van der Waals surface area contributed by atoms with E-state index >= 15 is 0 Å². The predicted octanol–water partition coefficient (Wildman–Crippen LogP) is 3.00. The molecule has 2 aromatic carbocycles. The number of para-hydroxylation sites is 1. The number of aromatic nitrogens is 3. The van der Waals surface area contributed by atoms with E-state index in [2.05, 4.69) is 10.1 Å². The van der Waals surface area contributed by atoms with Crippen molar-refractivity contribution in [2.45, 2.75) is 13.0 Å². The van der Waals surface area contributed by atoms with Crippen molar-refractivity contribution in [1.29, 1.82) is 5.26 Å². The van der Waals surface area contributed by atoms with Crippen LogP contribution >= 0.6 is 0 Å². The van der Waals surface area contributed by atoms with Crippen LogP contribution in [0.15, 0.2) is 60.7 Å². The molecular formula is C18H14N4O2. The van der Waals surface area contributed by atoms with Crippen molar-refractivity contribution in [2.75, 3.05) is 0 Å². The molecule has 0 spiro atoms. The minimum Gasteiger partial charge on any atom is -0.441 e. The number of hydrogen-bond acceptors (Lipinski definition) is 5. The first-order valence-electron chi connectivity index (χ1n) is 7.37. The molecular weight excluding hydrogens is 304 g/mol. The highest BCUT2D eigenvalue weighted by atomic mass is 16.5. The van der Waals surface area contributed by atoms with Crippen molar-refractivity contribution in [1.82, 2.24) is 14.8 Å². The molecule has 0 bridgehead atoms. The number of benzene rings is 2. The van der Waals surface area contributed by atoms with Gasteiger partial charge in [-0.2, -0.15) is 5.26 Å². The molecule has 6 heteroatoms. The van der Waals surface area contributed by atoms with Crippen molar-refractivity contribution in [2.24, 2.45) is 0 Å². The van der Waals surface area contributed by atoms with E-state index in [0.717, 1.165) is 11.3 Å². The van der Waals surface area contributed by atoms with E-state index in [0.29, 0.717) is 5.82 Å². The molecule has 0 saturated carbocycles. The fourth-order valence-corrected chi connectivity index (χ4v) is 2.16. The molecule has 0 aliphatic rings. The van der Waals surface area contributed by atoms with Gasteiger partial charge in [0.05, 0.1) is 5.69 Å². The van der Waals surface area contributed by atoms with Crippen LogP contribution < -0.4 is 0 Å². The highest BCUT2D eigenvalue weighted by Crippen LogP contribution is 2.21. The summed E-state index contributed by atoms with van der Waals surface area (Å²) in [5.74, 6) is -0.283. The highest BCUT2D eigenvalue weighted by Gasteiger charge is 2.21. The molecule has 1 unspecified atom stereocenters. The summed E-state index contributed by atoms with van der Waals surface area (Å²) >= 11 is 0. The summed E-state index contributed by atoms with van der Waals surface area (Å²) < 4.78 is 6.57. The Kier molecular flexibility index (Phi) is 4.34. The maximum Gasteiger partial charge on any atom is 0.379 e. The Morgan fingerprint density at radius 1 is 1.12 bits per heavy atom. The molecule has 1 aromatic heterocycles. The molecule has 0 aliphatic carbocycles. The zero-order chi connectivity index (χ0) is 16.9. The second-order valence-electron chi connectivity index (χ2n) is 5.05. The number of carbonyl (C=O) groups excluding carboxylic acids is 1. The van der Waals surface area contributed by atoms with Crippen molar-refractivity contribution >= 4 is 5.97 Å². The van der Waals surface area contributed by atoms with Crippen LogP contribution in [0.4, 0.5) is 0 Å². The quantitative estimate of drug-likeness (QED) is 0.691. The van der Waals surface area contributed by atoms with Gasteiger partial charge in [0.1, 0.15) is 6.07 Å². The van der Waals surface area contributed by atoms with Gasteiger partial charge in [0.25, 0.3) is 5.82 Å². The number of ether oxygens (including phenoxy) is 1. The summed E-state index contributed by atoms with van der Waals surface area (Å²) in [5.41, 5.74) is 1.59. The topological polar surface area (TPSA) is 80.8 Å². The second-order valence-corrected chi connectivity index (χ2v) is 5.05. The van der Waals surface area contributed by atoms with E-state index in [1.807, 2.05) is 66.7 Å². The third-order valence-corrected chi connectivity index (χ3v) is 3.29. The molecule has 3 rings (SSSR count). The Bertz CT molecular complexity index is 825. The molecule has 0 fully saturated rings. The lowest BCUT2D eigenvalue weighted by molar-refractivity contribution is 0.0421. The fraction of sp³-hybridized carbons (Fsp3) is 0.111. The van der Waals surface area contributed by atoms with Gasteiger partial charge in [-0.05, 0) is 19.1 Å². The van der Waals surface area contributed by atoms with E-state index in [-0.39, 0.29) is 5.82 Å². The number of nitrogens with zero attached hydrogens (tertiary/aromatic N) is 4. The summed E-state index contributed by atoms with van der Waals surface area (Å²) in [6, 6.07) is 20.7. The lowest BCUT2D eigenvalue weighted by atomic mass is 10.2. The van der Waals surface area contributed by atoms with Gasteiger partial charge >= 0.3 is 5.97 Å². The van der Waals surface area contributed by atoms with Crippen LogP contribution in [0.1, 0.15) is 17.5 Å². The van der Waals surface area contributed by atoms with Crippen molar-refractivity contribution in [3.05, 3.63) is 66.5 Å². The Morgan fingerprint density at radius 2 is 1.75 bits per heavy atom. The van der Waals surface area contributed by atoms with E-state index in [1.54, 1.807) is 4.68 Å². The van der Waals surface area contributed by atoms with Gasteiger partial charge in [-0.3, -0.25) is 0 Å². The molecule has 1 atom stereocenters. The fourth-order valence-electron chi connectivity index (χ4n) is 2.16. The minimum absolute atomic E-state index is 0.0835. The molecule has 0 amide bonds. The molecule has 3 aromatic rings. The predicted molar refractivity (Wildman–Crippen MR) is 87.3 cm³/mol. The second kappa shape index (κ2) is 6.75.